The van der Waals surface area contributed by atoms with Gasteiger partial charge in [0, 0.05) is 92.4 Å². The Morgan fingerprint density at radius 1 is 0.910 bits per heavy atom. The molecule has 0 saturated carbocycles. The molecule has 5 heterocycles. The number of alkyl halides is 2. The van der Waals surface area contributed by atoms with Crippen molar-refractivity contribution in [3.63, 3.8) is 0 Å². The van der Waals surface area contributed by atoms with Crippen molar-refractivity contribution in [2.45, 2.75) is 64.0 Å². The number of urea groups is 1. The third-order valence-corrected chi connectivity index (χ3v) is 12.7. The fourth-order valence-electron chi connectivity index (χ4n) is 8.60. The number of benzene rings is 3. The van der Waals surface area contributed by atoms with Gasteiger partial charge in [0.05, 0.1) is 37.4 Å². The maximum absolute atomic E-state index is 13.6. The van der Waals surface area contributed by atoms with E-state index in [2.05, 4.69) is 20.5 Å². The number of ether oxygens (including phenoxy) is 3. The van der Waals surface area contributed by atoms with Gasteiger partial charge in [-0.2, -0.15) is 0 Å². The molecule has 3 saturated heterocycles. The van der Waals surface area contributed by atoms with Crippen LogP contribution < -0.4 is 29.7 Å². The van der Waals surface area contributed by atoms with Crippen molar-refractivity contribution in [1.29, 1.82) is 5.41 Å². The molecule has 356 valence electrons. The summed E-state index contributed by atoms with van der Waals surface area (Å²) in [6, 6.07) is 18.1. The number of carbonyl (C=O) groups excluding carboxylic acids is 4. The monoisotopic (exact) mass is 942 g/mol. The lowest BCUT2D eigenvalue weighted by molar-refractivity contribution is -0.121. The Bertz CT molecular complexity index is 2520. The highest BCUT2D eigenvalue weighted by Gasteiger charge is 2.42. The van der Waals surface area contributed by atoms with Crippen LogP contribution in [0.3, 0.4) is 0 Å². The Morgan fingerprint density at radius 2 is 1.64 bits per heavy atom. The number of halogens is 2. The van der Waals surface area contributed by atoms with Crippen molar-refractivity contribution in [3.05, 3.63) is 101 Å². The number of amidine groups is 1. The normalized spacial score (nSPS) is 18.0. The minimum Gasteiger partial charge on any atom is -0.493 e. The number of rotatable bonds is 14. The summed E-state index contributed by atoms with van der Waals surface area (Å²) >= 11 is 0. The number of piperidine rings is 2. The Hall–Kier alpha value is -6.47. The predicted octanol–water partition coefficient (Wildman–Crippen LogP) is 7.21. The minimum atomic E-state index is -2.62. The van der Waals surface area contributed by atoms with Crippen LogP contribution in [0.5, 0.6) is 23.0 Å². The zero-order valence-electron chi connectivity index (χ0n) is 38.1. The van der Waals surface area contributed by atoms with Gasteiger partial charge in [0.1, 0.15) is 23.2 Å². The minimum absolute atomic E-state index is 0.0199. The Balaban J connectivity index is 0.000000199. The number of imide groups is 2. The van der Waals surface area contributed by atoms with Crippen LogP contribution in [0.4, 0.5) is 25.1 Å². The van der Waals surface area contributed by atoms with E-state index in [4.69, 9.17) is 19.6 Å². The lowest BCUT2D eigenvalue weighted by Gasteiger charge is -2.32. The number of carbonyl (C=O) groups is 4. The summed E-state index contributed by atoms with van der Waals surface area (Å²) < 4.78 is 56.5. The summed E-state index contributed by atoms with van der Waals surface area (Å²) in [5.74, 6) is -0.786. The molecule has 4 aliphatic heterocycles. The van der Waals surface area contributed by atoms with Crippen molar-refractivity contribution in [3.8, 4) is 23.0 Å². The number of likely N-dealkylation sites (tertiary alicyclic amines) is 1. The molecule has 2 atom stereocenters. The second-order valence-electron chi connectivity index (χ2n) is 16.7. The van der Waals surface area contributed by atoms with Gasteiger partial charge in [-0.05, 0) is 92.7 Å². The highest BCUT2D eigenvalue weighted by molar-refractivity contribution is 7.84. The van der Waals surface area contributed by atoms with Gasteiger partial charge in [0.25, 0.3) is 17.7 Å². The van der Waals surface area contributed by atoms with Crippen LogP contribution >= 0.6 is 0 Å². The quantitative estimate of drug-likeness (QED) is 0.0656. The van der Waals surface area contributed by atoms with Crippen molar-refractivity contribution in [2.75, 3.05) is 75.7 Å². The first-order valence-electron chi connectivity index (χ1n) is 22.3. The first-order chi connectivity index (χ1) is 32.2. The molecular formula is C48H56F2N8O8S. The summed E-state index contributed by atoms with van der Waals surface area (Å²) in [7, 11) is 2.00. The van der Waals surface area contributed by atoms with E-state index in [9.17, 15) is 32.2 Å². The van der Waals surface area contributed by atoms with Crippen LogP contribution in [0, 0.1) is 5.41 Å². The van der Waals surface area contributed by atoms with E-state index in [0.717, 1.165) is 37.3 Å². The molecular weight excluding hydrogens is 887 g/mol. The summed E-state index contributed by atoms with van der Waals surface area (Å²) in [6.45, 7) is 5.14. The molecule has 0 radical (unpaired) electrons. The lowest BCUT2D eigenvalue weighted by Crippen LogP contribution is -2.51. The van der Waals surface area contributed by atoms with Gasteiger partial charge in [-0.15, -0.1) is 0 Å². The van der Waals surface area contributed by atoms with Crippen LogP contribution in [-0.2, 0) is 22.1 Å². The van der Waals surface area contributed by atoms with Gasteiger partial charge in [-0.3, -0.25) is 44.0 Å². The predicted molar refractivity (Wildman–Crippen MR) is 250 cm³/mol. The van der Waals surface area contributed by atoms with Gasteiger partial charge < -0.3 is 24.4 Å². The van der Waals surface area contributed by atoms with E-state index in [1.54, 1.807) is 79.9 Å². The summed E-state index contributed by atoms with van der Waals surface area (Å²) in [5, 5.41) is 13.7. The number of hydrogen-bond donors (Lipinski definition) is 3. The molecule has 8 rings (SSSR count). The largest absolute Gasteiger partial charge is 0.493 e. The van der Waals surface area contributed by atoms with Gasteiger partial charge in [0.2, 0.25) is 5.91 Å². The fraction of sp³-hybridized carbons (Fsp3) is 0.417. The Labute approximate surface area is 390 Å². The third kappa shape index (κ3) is 11.6. The van der Waals surface area contributed by atoms with E-state index < -0.39 is 34.7 Å². The Kier molecular flexibility index (Phi) is 15.5. The second-order valence-corrected chi connectivity index (χ2v) is 18.2. The van der Waals surface area contributed by atoms with Gasteiger partial charge in [0.15, 0.2) is 11.5 Å². The number of pyridine rings is 1. The number of amides is 5. The summed E-state index contributed by atoms with van der Waals surface area (Å²) in [6.07, 6.45) is 7.01. The molecule has 16 nitrogen and oxygen atoms in total. The molecule has 2 unspecified atom stereocenters. The van der Waals surface area contributed by atoms with Crippen molar-refractivity contribution in [1.82, 2.24) is 25.0 Å². The standard InChI is InChI=1S/C24H27F2N5O3.C24H29N3O5S/c1-28-20-13-18(7-8-19(20)22(27)31-12-9-21(32)29-23(31)33)34-17-5-3-16(4-6-17)14-30-11-2-10-24(25,26)15-30;1-4-32-21-12-16(8-9-20(21)31-2)19(15-33(3)30)27-23(28)17-13-22(25-14-18(17)24(27)29)26-10-6-5-7-11-26/h3-8,13,27-28H,2,9-12,14-15H2,1H3,(H,29,32,33);8-9,12-14,19H,4-7,10-11,15H2,1-3H3. The van der Waals surface area contributed by atoms with E-state index in [0.29, 0.717) is 71.5 Å². The molecule has 1 aromatic heterocycles. The van der Waals surface area contributed by atoms with Crippen molar-refractivity contribution < 1.29 is 46.4 Å². The van der Waals surface area contributed by atoms with Crippen LogP contribution in [0.25, 0.3) is 0 Å². The average Bonchev–Trinajstić information content (AvgIpc) is 3.56. The molecule has 5 amide bonds. The van der Waals surface area contributed by atoms with Crippen LogP contribution in [0.1, 0.15) is 88.9 Å². The van der Waals surface area contributed by atoms with E-state index >= 15 is 0 Å². The highest BCUT2D eigenvalue weighted by Crippen LogP contribution is 2.38. The van der Waals surface area contributed by atoms with Crippen LogP contribution in [-0.4, -0.2) is 125 Å². The molecule has 3 fully saturated rings. The SMILES string of the molecule is CCOc1cc(C(CS(C)=O)N2C(=O)c3cnc(N4CCCCC4)cc3C2=O)ccc1OC.CNc1cc(Oc2ccc(CN3CCCC(F)(F)C3)cc2)ccc1C(=N)N1CCC(=O)NC1=O. The third-order valence-electron chi connectivity index (χ3n) is 11.9. The molecule has 19 heteroatoms. The van der Waals surface area contributed by atoms with Crippen molar-refractivity contribution >= 4 is 51.9 Å². The fourth-order valence-corrected chi connectivity index (χ4v) is 9.38. The molecule has 0 aliphatic carbocycles. The summed E-state index contributed by atoms with van der Waals surface area (Å²) in [5.41, 5.74) is 3.31. The number of nitrogens with zero attached hydrogens (tertiary/aromatic N) is 5. The maximum atomic E-state index is 13.6. The molecule has 4 aromatic rings. The number of methoxy groups -OCH3 is 1. The topological polar surface area (TPSA) is 187 Å². The highest BCUT2D eigenvalue weighted by atomic mass is 32.2. The van der Waals surface area contributed by atoms with Crippen LogP contribution in [0.2, 0.25) is 0 Å². The van der Waals surface area contributed by atoms with E-state index in [-0.39, 0.29) is 54.9 Å². The summed E-state index contributed by atoms with van der Waals surface area (Å²) in [4.78, 5) is 61.1. The van der Waals surface area contributed by atoms with Gasteiger partial charge in [-0.25, -0.2) is 18.6 Å². The smallest absolute Gasteiger partial charge is 0.329 e. The number of aromatic nitrogens is 1. The van der Waals surface area contributed by atoms with Crippen molar-refractivity contribution in [2.24, 2.45) is 0 Å². The van der Waals surface area contributed by atoms with E-state index in [1.807, 2.05) is 19.1 Å². The molecule has 0 spiro atoms. The van der Waals surface area contributed by atoms with Gasteiger partial charge in [-0.1, -0.05) is 18.2 Å². The second kappa shape index (κ2) is 21.4. The zero-order valence-corrected chi connectivity index (χ0v) is 38.9. The molecule has 0 bridgehead atoms. The Morgan fingerprint density at radius 3 is 2.31 bits per heavy atom. The molecule has 3 N–H and O–H groups in total. The number of nitrogens with one attached hydrogen (secondary N) is 3. The molecule has 4 aliphatic rings. The molecule has 3 aromatic carbocycles. The van der Waals surface area contributed by atoms with E-state index in [1.165, 1.54) is 22.4 Å². The zero-order chi connectivity index (χ0) is 47.8. The number of hydrogen-bond acceptors (Lipinski definition) is 13. The molecule has 67 heavy (non-hydrogen) atoms. The van der Waals surface area contributed by atoms with Crippen LogP contribution in [0.15, 0.2) is 72.9 Å². The number of fused-ring (bicyclic) bond motifs is 1. The first-order valence-corrected chi connectivity index (χ1v) is 24.0. The number of anilines is 2. The lowest BCUT2D eigenvalue weighted by atomic mass is 10.1. The maximum Gasteiger partial charge on any atom is 0.329 e. The van der Waals surface area contributed by atoms with Gasteiger partial charge >= 0.3 is 6.03 Å². The average molecular weight is 943 g/mol. The first kappa shape index (κ1) is 48.5.